The molecule has 2 heterocycles. The van der Waals surface area contributed by atoms with Gasteiger partial charge in [-0.3, -0.25) is 0 Å². The second-order valence-corrected chi connectivity index (χ2v) is 17.9. The van der Waals surface area contributed by atoms with E-state index in [0.717, 1.165) is 55.6 Å². The van der Waals surface area contributed by atoms with Crippen molar-refractivity contribution in [3.63, 3.8) is 0 Å². The first-order chi connectivity index (χ1) is 33.2. The summed E-state index contributed by atoms with van der Waals surface area (Å²) in [7, 11) is 0. The summed E-state index contributed by atoms with van der Waals surface area (Å²) < 4.78 is 13.6. The lowest BCUT2D eigenvalue weighted by molar-refractivity contribution is 0.447. The third-order valence-electron chi connectivity index (χ3n) is 14.4. The number of anilines is 2. The molecular weight excluding hydrogens is 815 g/mol. The van der Waals surface area contributed by atoms with Crippen LogP contribution in [0.2, 0.25) is 0 Å². The molecule has 67 heavy (non-hydrogen) atoms. The molecule has 2 aliphatic rings. The summed E-state index contributed by atoms with van der Waals surface area (Å²) in [5.74, 6) is 1.87. The van der Waals surface area contributed by atoms with Gasteiger partial charge >= 0.3 is 0 Å². The molecule has 0 bridgehead atoms. The summed E-state index contributed by atoms with van der Waals surface area (Å²) in [5.41, 5.74) is 16.8. The molecule has 1 aromatic heterocycles. The van der Waals surface area contributed by atoms with Crippen LogP contribution in [0.1, 0.15) is 27.8 Å². The number of benzene rings is 11. The van der Waals surface area contributed by atoms with Crippen LogP contribution in [0.5, 0.6) is 11.5 Å². The second kappa shape index (κ2) is 14.7. The van der Waals surface area contributed by atoms with Crippen LogP contribution in [0.25, 0.3) is 76.9 Å². The molecule has 14 rings (SSSR count). The molecule has 1 aliphatic carbocycles. The first-order valence-corrected chi connectivity index (χ1v) is 23.1. The largest absolute Gasteiger partial charge is 0.456 e. The van der Waals surface area contributed by atoms with Crippen molar-refractivity contribution in [2.75, 3.05) is 4.90 Å². The van der Waals surface area contributed by atoms with Crippen LogP contribution in [0.4, 0.5) is 11.4 Å². The Morgan fingerprint density at radius 3 is 1.67 bits per heavy atom. The lowest BCUT2D eigenvalue weighted by Gasteiger charge is -2.40. The maximum absolute atomic E-state index is 7.16. The quantitative estimate of drug-likeness (QED) is 0.167. The lowest BCUT2D eigenvalue weighted by Crippen LogP contribution is -2.32. The highest BCUT2D eigenvalue weighted by Crippen LogP contribution is 2.64. The van der Waals surface area contributed by atoms with Crippen LogP contribution in [-0.2, 0) is 12.0 Å². The Morgan fingerprint density at radius 1 is 0.373 bits per heavy atom. The van der Waals surface area contributed by atoms with E-state index in [4.69, 9.17) is 9.15 Å². The minimum Gasteiger partial charge on any atom is -0.456 e. The summed E-state index contributed by atoms with van der Waals surface area (Å²) >= 11 is 0. The van der Waals surface area contributed by atoms with Crippen molar-refractivity contribution in [1.82, 2.24) is 0 Å². The monoisotopic (exact) mass is 855 g/mol. The third-order valence-corrected chi connectivity index (χ3v) is 14.4. The van der Waals surface area contributed by atoms with E-state index in [0.29, 0.717) is 6.54 Å². The summed E-state index contributed by atoms with van der Waals surface area (Å²) in [6.07, 6.45) is 0. The van der Waals surface area contributed by atoms with Crippen LogP contribution in [-0.4, -0.2) is 0 Å². The highest BCUT2D eigenvalue weighted by molar-refractivity contribution is 6.12. The van der Waals surface area contributed by atoms with E-state index >= 15 is 0 Å². The Labute approximate surface area is 388 Å². The van der Waals surface area contributed by atoms with E-state index in [9.17, 15) is 0 Å². The molecule has 0 unspecified atom stereocenters. The molecule has 1 spiro atoms. The van der Waals surface area contributed by atoms with Gasteiger partial charge in [-0.25, -0.2) is 0 Å². The Balaban J connectivity index is 0.883. The molecule has 0 radical (unpaired) electrons. The molecule has 1 aliphatic heterocycles. The van der Waals surface area contributed by atoms with Gasteiger partial charge in [0.2, 0.25) is 0 Å². The molecule has 0 atom stereocenters. The molecular formula is C64H41NO2. The second-order valence-electron chi connectivity index (χ2n) is 17.9. The summed E-state index contributed by atoms with van der Waals surface area (Å²) in [4.78, 5) is 2.43. The number of hydrogen-bond acceptors (Lipinski definition) is 3. The number of para-hydroxylation sites is 1. The third kappa shape index (κ3) is 5.65. The van der Waals surface area contributed by atoms with Crippen molar-refractivity contribution in [2.45, 2.75) is 12.0 Å². The van der Waals surface area contributed by atoms with Crippen LogP contribution in [0, 0.1) is 0 Å². The van der Waals surface area contributed by atoms with Gasteiger partial charge in [0.05, 0.1) is 16.5 Å². The summed E-state index contributed by atoms with van der Waals surface area (Å²) in [5, 5.41) is 6.82. The van der Waals surface area contributed by atoms with E-state index in [1.54, 1.807) is 0 Å². The van der Waals surface area contributed by atoms with Gasteiger partial charge in [-0.1, -0.05) is 200 Å². The van der Waals surface area contributed by atoms with Gasteiger partial charge in [0.25, 0.3) is 0 Å². The lowest BCUT2D eigenvalue weighted by atomic mass is 9.65. The van der Waals surface area contributed by atoms with Crippen molar-refractivity contribution >= 4 is 54.9 Å². The fourth-order valence-electron chi connectivity index (χ4n) is 11.3. The average Bonchev–Trinajstić information content (AvgIpc) is 3.92. The number of ether oxygens (including phenoxy) is 1. The maximum Gasteiger partial charge on any atom is 0.140 e. The van der Waals surface area contributed by atoms with E-state index in [-0.39, 0.29) is 0 Å². The molecule has 11 aromatic carbocycles. The molecule has 12 aromatic rings. The zero-order valence-corrected chi connectivity index (χ0v) is 36.5. The van der Waals surface area contributed by atoms with Crippen molar-refractivity contribution in [2.24, 2.45) is 0 Å². The average molecular weight is 856 g/mol. The smallest absolute Gasteiger partial charge is 0.140 e. The van der Waals surface area contributed by atoms with Gasteiger partial charge in [-0.15, -0.1) is 0 Å². The number of fused-ring (bicyclic) bond motifs is 16. The first kappa shape index (κ1) is 37.7. The first-order valence-electron chi connectivity index (χ1n) is 23.1. The summed E-state index contributed by atoms with van der Waals surface area (Å²) in [6.45, 7) is 0.675. The Morgan fingerprint density at radius 2 is 0.925 bits per heavy atom. The molecule has 314 valence electrons. The number of hydrogen-bond donors (Lipinski definition) is 0. The van der Waals surface area contributed by atoms with Crippen molar-refractivity contribution < 1.29 is 9.15 Å². The fraction of sp³-hybridized carbons (Fsp3) is 0.0312. The maximum atomic E-state index is 7.16. The predicted molar refractivity (Wildman–Crippen MR) is 276 cm³/mol. The van der Waals surface area contributed by atoms with Crippen LogP contribution >= 0.6 is 0 Å². The van der Waals surface area contributed by atoms with Gasteiger partial charge in [-0.2, -0.15) is 0 Å². The van der Waals surface area contributed by atoms with Crippen molar-refractivity contribution in [1.29, 1.82) is 0 Å². The van der Waals surface area contributed by atoms with Crippen molar-refractivity contribution in [3.05, 3.63) is 264 Å². The van der Waals surface area contributed by atoms with Gasteiger partial charge in [-0.05, 0) is 97.2 Å². The fourth-order valence-corrected chi connectivity index (χ4v) is 11.3. The van der Waals surface area contributed by atoms with Crippen molar-refractivity contribution in [3.8, 4) is 44.9 Å². The normalized spacial score (nSPS) is 13.1. The van der Waals surface area contributed by atoms with Gasteiger partial charge < -0.3 is 14.1 Å². The van der Waals surface area contributed by atoms with Gasteiger partial charge in [0.15, 0.2) is 0 Å². The molecule has 0 N–H and O–H groups in total. The highest BCUT2D eigenvalue weighted by atomic mass is 16.5. The van der Waals surface area contributed by atoms with Crippen LogP contribution in [0.15, 0.2) is 241 Å². The Kier molecular flexibility index (Phi) is 8.26. The minimum absolute atomic E-state index is 0.572. The van der Waals surface area contributed by atoms with Gasteiger partial charge in [0.1, 0.15) is 22.7 Å². The molecule has 0 saturated carbocycles. The number of nitrogens with zero attached hydrogens (tertiary/aromatic N) is 1. The van der Waals surface area contributed by atoms with Crippen LogP contribution in [0.3, 0.4) is 0 Å². The van der Waals surface area contributed by atoms with Crippen LogP contribution < -0.4 is 9.64 Å². The van der Waals surface area contributed by atoms with E-state index in [1.807, 2.05) is 6.07 Å². The highest BCUT2D eigenvalue weighted by Gasteiger charge is 2.51. The minimum atomic E-state index is -0.572. The topological polar surface area (TPSA) is 25.6 Å². The molecule has 0 amide bonds. The molecule has 0 fully saturated rings. The zero-order chi connectivity index (χ0) is 44.1. The molecule has 3 nitrogen and oxygen atoms in total. The Bertz CT molecular complexity index is 3840. The number of rotatable bonds is 6. The van der Waals surface area contributed by atoms with E-state index < -0.39 is 5.41 Å². The van der Waals surface area contributed by atoms with Gasteiger partial charge in [0, 0.05) is 39.5 Å². The molecule has 0 saturated heterocycles. The standard InChI is InChI=1S/C64H41NO2/c1-2-13-42(14-3-1)43-29-34-48(35-30-43)65(58-22-12-24-60-61(58)52-20-9-11-23-59(52)66-60)40-41-25-27-44(28-26-41)47-33-36-55-53(39-47)51-19-8-10-21-54(51)64(55)56-37-31-45-15-4-6-17-49(45)62(56)67-63-50-18-7-5-16-46(50)32-38-57(63)64/h1-39H,40H2. The SMILES string of the molecule is c1ccc(-c2ccc(N(Cc3ccc(-c4ccc5c(c4)-c4ccccc4C54c5ccc6ccccc6c5Oc5c4ccc4ccccc54)cc3)c3cccc4oc5ccccc5c34)cc2)cc1. The van der Waals surface area contributed by atoms with E-state index in [1.165, 1.54) is 72.0 Å². The predicted octanol–water partition coefficient (Wildman–Crippen LogP) is 17.0. The number of furan rings is 1. The van der Waals surface area contributed by atoms with E-state index in [2.05, 4.69) is 235 Å². The zero-order valence-electron chi connectivity index (χ0n) is 36.5. The summed E-state index contributed by atoms with van der Waals surface area (Å²) in [6, 6.07) is 85.9. The Hall–Kier alpha value is -8.66. The molecule has 3 heteroatoms.